The predicted octanol–water partition coefficient (Wildman–Crippen LogP) is 2.86. The average molecular weight is 351 g/mol. The van der Waals surface area contributed by atoms with Gasteiger partial charge in [-0.2, -0.15) is 0 Å². The Morgan fingerprint density at radius 1 is 1.31 bits per heavy atom. The third kappa shape index (κ3) is 3.60. The van der Waals surface area contributed by atoms with Crippen molar-refractivity contribution in [1.82, 2.24) is 14.9 Å². The molecule has 3 aromatic rings. The second-order valence-electron chi connectivity index (χ2n) is 6.71. The Hall–Kier alpha value is -2.73. The second kappa shape index (κ2) is 7.25. The second-order valence-corrected chi connectivity index (χ2v) is 6.71. The Labute approximate surface area is 151 Å². The molecule has 4 rings (SSSR count). The van der Waals surface area contributed by atoms with Gasteiger partial charge in [0.05, 0.1) is 13.2 Å². The van der Waals surface area contributed by atoms with Gasteiger partial charge in [-0.3, -0.25) is 4.79 Å². The minimum absolute atomic E-state index is 0.0314. The molecule has 1 aliphatic heterocycles. The molecule has 1 aromatic carbocycles. The van der Waals surface area contributed by atoms with Crippen LogP contribution in [0.25, 0.3) is 11.0 Å². The van der Waals surface area contributed by atoms with Crippen LogP contribution in [0, 0.1) is 12.8 Å². The quantitative estimate of drug-likeness (QED) is 0.726. The zero-order valence-electron chi connectivity index (χ0n) is 14.7. The van der Waals surface area contributed by atoms with Crippen molar-refractivity contribution in [3.63, 3.8) is 0 Å². The van der Waals surface area contributed by atoms with E-state index in [4.69, 9.17) is 9.15 Å². The molecule has 1 saturated heterocycles. The first-order chi connectivity index (χ1) is 12.7. The molecular weight excluding hydrogens is 330 g/mol. The number of hydrogen-bond acceptors (Lipinski definition) is 5. The van der Waals surface area contributed by atoms with Crippen molar-refractivity contribution in [2.75, 3.05) is 26.3 Å². The first kappa shape index (κ1) is 16.7. The molecule has 26 heavy (non-hydrogen) atoms. The van der Waals surface area contributed by atoms with E-state index in [1.807, 2.05) is 42.2 Å². The summed E-state index contributed by atoms with van der Waals surface area (Å²) >= 11 is 0. The molecule has 0 saturated carbocycles. The van der Waals surface area contributed by atoms with Crippen molar-refractivity contribution < 1.29 is 13.9 Å². The van der Waals surface area contributed by atoms with Gasteiger partial charge in [-0.05, 0) is 43.7 Å². The Balaban J connectivity index is 1.51. The highest BCUT2D eigenvalue weighted by atomic mass is 16.5. The number of carbonyl (C=O) groups excluding carboxylic acids is 1. The van der Waals surface area contributed by atoms with E-state index in [1.165, 1.54) is 0 Å². The van der Waals surface area contributed by atoms with Crippen LogP contribution in [-0.2, 0) is 11.2 Å². The number of fused-ring (bicyclic) bond motifs is 1. The fourth-order valence-electron chi connectivity index (χ4n) is 3.41. The number of furan rings is 1. The number of carbonyl (C=O) groups is 1. The maximum atomic E-state index is 13.0. The average Bonchev–Trinajstić information content (AvgIpc) is 2.87. The monoisotopic (exact) mass is 351 g/mol. The molecule has 1 fully saturated rings. The molecule has 1 aliphatic rings. The van der Waals surface area contributed by atoms with Crippen molar-refractivity contribution >= 4 is 16.9 Å². The van der Waals surface area contributed by atoms with Crippen molar-refractivity contribution in [1.29, 1.82) is 0 Å². The zero-order chi connectivity index (χ0) is 17.9. The maximum absolute atomic E-state index is 13.0. The molecule has 0 aliphatic carbocycles. The van der Waals surface area contributed by atoms with E-state index in [-0.39, 0.29) is 11.8 Å². The number of aromatic nitrogens is 2. The smallest absolute Gasteiger partial charge is 0.253 e. The zero-order valence-corrected chi connectivity index (χ0v) is 14.7. The molecule has 1 unspecified atom stereocenters. The molecule has 1 amide bonds. The third-order valence-electron chi connectivity index (χ3n) is 4.65. The van der Waals surface area contributed by atoms with Gasteiger partial charge < -0.3 is 14.1 Å². The number of amides is 1. The van der Waals surface area contributed by atoms with Gasteiger partial charge in [-0.1, -0.05) is 0 Å². The summed E-state index contributed by atoms with van der Waals surface area (Å²) in [5, 5.41) is 0.956. The van der Waals surface area contributed by atoms with Crippen LogP contribution in [0.3, 0.4) is 0 Å². The van der Waals surface area contributed by atoms with Crippen LogP contribution >= 0.6 is 0 Å². The highest BCUT2D eigenvalue weighted by Gasteiger charge is 2.24. The molecular formula is C20H21N3O3. The van der Waals surface area contributed by atoms with Crippen LogP contribution in [0.5, 0.6) is 0 Å². The fourth-order valence-corrected chi connectivity index (χ4v) is 3.41. The standard InChI is InChI=1S/C20H21N3O3/c1-14-8-17-10-16(2-3-19(17)26-14)20(24)23-6-7-25-12-15(11-23)9-18-4-5-21-13-22-18/h2-5,8,10,13,15H,6-7,9,11-12H2,1H3. The third-order valence-corrected chi connectivity index (χ3v) is 4.65. The van der Waals surface area contributed by atoms with Gasteiger partial charge in [0.25, 0.3) is 5.91 Å². The summed E-state index contributed by atoms with van der Waals surface area (Å²) in [6, 6.07) is 9.46. The van der Waals surface area contributed by atoms with E-state index in [2.05, 4.69) is 9.97 Å². The highest BCUT2D eigenvalue weighted by molar-refractivity contribution is 5.97. The van der Waals surface area contributed by atoms with Crippen LogP contribution in [0.2, 0.25) is 0 Å². The number of rotatable bonds is 3. The molecule has 0 spiro atoms. The van der Waals surface area contributed by atoms with Crippen LogP contribution in [0.15, 0.2) is 47.3 Å². The summed E-state index contributed by atoms with van der Waals surface area (Å²) < 4.78 is 11.3. The van der Waals surface area contributed by atoms with Crippen molar-refractivity contribution in [2.24, 2.45) is 5.92 Å². The van der Waals surface area contributed by atoms with E-state index in [9.17, 15) is 4.79 Å². The Kier molecular flexibility index (Phi) is 4.67. The van der Waals surface area contributed by atoms with Gasteiger partial charge in [0.2, 0.25) is 0 Å². The van der Waals surface area contributed by atoms with Crippen molar-refractivity contribution in [3.8, 4) is 0 Å². The normalized spacial score (nSPS) is 18.0. The van der Waals surface area contributed by atoms with E-state index in [0.717, 1.165) is 28.8 Å². The first-order valence-electron chi connectivity index (χ1n) is 8.81. The summed E-state index contributed by atoms with van der Waals surface area (Å²) in [6.07, 6.45) is 4.06. The number of aryl methyl sites for hydroxylation is 1. The van der Waals surface area contributed by atoms with Gasteiger partial charge in [-0.25, -0.2) is 9.97 Å². The number of benzene rings is 1. The Morgan fingerprint density at radius 2 is 2.23 bits per heavy atom. The first-order valence-corrected chi connectivity index (χ1v) is 8.81. The lowest BCUT2D eigenvalue weighted by Gasteiger charge is -2.23. The lowest BCUT2D eigenvalue weighted by Crippen LogP contribution is -2.36. The molecule has 1 atom stereocenters. The Morgan fingerprint density at radius 3 is 3.08 bits per heavy atom. The molecule has 134 valence electrons. The summed E-state index contributed by atoms with van der Waals surface area (Å²) in [4.78, 5) is 23.1. The minimum Gasteiger partial charge on any atom is -0.461 e. The predicted molar refractivity (Wildman–Crippen MR) is 96.9 cm³/mol. The van der Waals surface area contributed by atoms with Crippen LogP contribution < -0.4 is 0 Å². The van der Waals surface area contributed by atoms with E-state index in [1.54, 1.807) is 12.5 Å². The van der Waals surface area contributed by atoms with Gasteiger partial charge in [-0.15, -0.1) is 0 Å². The topological polar surface area (TPSA) is 68.5 Å². The summed E-state index contributed by atoms with van der Waals surface area (Å²) in [7, 11) is 0. The lowest BCUT2D eigenvalue weighted by molar-refractivity contribution is 0.0737. The lowest BCUT2D eigenvalue weighted by atomic mass is 10.0. The van der Waals surface area contributed by atoms with Gasteiger partial charge >= 0.3 is 0 Å². The molecule has 0 bridgehead atoms. The van der Waals surface area contributed by atoms with Crippen molar-refractivity contribution in [3.05, 3.63) is 59.9 Å². The number of ether oxygens (including phenoxy) is 1. The molecule has 2 aromatic heterocycles. The van der Waals surface area contributed by atoms with E-state index in [0.29, 0.717) is 31.9 Å². The molecule has 3 heterocycles. The summed E-state index contributed by atoms with van der Waals surface area (Å²) in [5.74, 6) is 1.10. The fraction of sp³-hybridized carbons (Fsp3) is 0.350. The minimum atomic E-state index is 0.0314. The SMILES string of the molecule is Cc1cc2cc(C(=O)N3CCOCC(Cc4ccncn4)C3)ccc2o1. The van der Waals surface area contributed by atoms with Gasteiger partial charge in [0.1, 0.15) is 17.7 Å². The van der Waals surface area contributed by atoms with E-state index >= 15 is 0 Å². The van der Waals surface area contributed by atoms with Crippen molar-refractivity contribution in [2.45, 2.75) is 13.3 Å². The van der Waals surface area contributed by atoms with Gasteiger partial charge in [0.15, 0.2) is 0 Å². The summed E-state index contributed by atoms with van der Waals surface area (Å²) in [6.45, 7) is 4.35. The van der Waals surface area contributed by atoms with Crippen LogP contribution in [0.1, 0.15) is 21.8 Å². The molecule has 6 heteroatoms. The molecule has 0 radical (unpaired) electrons. The number of nitrogens with zero attached hydrogens (tertiary/aromatic N) is 3. The molecule has 0 N–H and O–H groups in total. The highest BCUT2D eigenvalue weighted by Crippen LogP contribution is 2.22. The van der Waals surface area contributed by atoms with E-state index < -0.39 is 0 Å². The largest absolute Gasteiger partial charge is 0.461 e. The summed E-state index contributed by atoms with van der Waals surface area (Å²) in [5.41, 5.74) is 2.46. The Bertz CT molecular complexity index is 907. The van der Waals surface area contributed by atoms with Gasteiger partial charge in [0, 0.05) is 41.8 Å². The maximum Gasteiger partial charge on any atom is 0.253 e. The number of hydrogen-bond donors (Lipinski definition) is 0. The van der Waals surface area contributed by atoms with Crippen LogP contribution in [0.4, 0.5) is 0 Å². The molecule has 6 nitrogen and oxygen atoms in total. The van der Waals surface area contributed by atoms with Crippen LogP contribution in [-0.4, -0.2) is 47.1 Å².